The summed E-state index contributed by atoms with van der Waals surface area (Å²) in [7, 11) is 0. The summed E-state index contributed by atoms with van der Waals surface area (Å²) in [4.78, 5) is 34.1. The number of fused-ring (bicyclic) bond motifs is 1. The van der Waals surface area contributed by atoms with Gasteiger partial charge >= 0.3 is 0 Å². The Bertz CT molecular complexity index is 1400. The summed E-state index contributed by atoms with van der Waals surface area (Å²) in [6.07, 6.45) is 6.38. The van der Waals surface area contributed by atoms with Crippen LogP contribution in [0.15, 0.2) is 73.7 Å². The smallest absolute Gasteiger partial charge is 0.248 e. The average Bonchev–Trinajstić information content (AvgIpc) is 2.94. The number of hydrogen-bond donors (Lipinski definition) is 2. The highest BCUT2D eigenvalue weighted by Gasteiger charge is 2.17. The predicted molar refractivity (Wildman–Crippen MR) is 144 cm³/mol. The third-order valence-electron chi connectivity index (χ3n) is 6.22. The SMILES string of the molecule is C=CC(=O)Nc1cc(-c2cccc3cnc(Nc4ccc(N5CCN(CCF)CC5)nc4)nc23)ccn1. The lowest BCUT2D eigenvalue weighted by atomic mass is 10.0. The predicted octanol–water partition coefficient (Wildman–Crippen LogP) is 4.05. The van der Waals surface area contributed by atoms with Crippen molar-refractivity contribution in [3.63, 3.8) is 0 Å². The van der Waals surface area contributed by atoms with Gasteiger partial charge in [0.05, 0.1) is 17.4 Å². The van der Waals surface area contributed by atoms with Gasteiger partial charge in [0.1, 0.15) is 18.3 Å². The van der Waals surface area contributed by atoms with Gasteiger partial charge in [-0.3, -0.25) is 9.69 Å². The number of hydrogen-bond acceptors (Lipinski definition) is 8. The molecule has 1 amide bonds. The van der Waals surface area contributed by atoms with Gasteiger partial charge in [-0.25, -0.2) is 24.3 Å². The molecule has 4 aromatic rings. The van der Waals surface area contributed by atoms with Crippen LogP contribution in [-0.2, 0) is 4.79 Å². The molecular weight excluding hydrogens is 471 g/mol. The summed E-state index contributed by atoms with van der Waals surface area (Å²) in [5.74, 6) is 1.45. The van der Waals surface area contributed by atoms with Crippen molar-refractivity contribution >= 4 is 40.1 Å². The Balaban J connectivity index is 1.34. The van der Waals surface area contributed by atoms with Gasteiger partial charge < -0.3 is 15.5 Å². The number of amides is 1. The lowest BCUT2D eigenvalue weighted by Crippen LogP contribution is -2.47. The van der Waals surface area contributed by atoms with Crippen LogP contribution in [0.5, 0.6) is 0 Å². The van der Waals surface area contributed by atoms with E-state index in [1.165, 1.54) is 6.08 Å². The van der Waals surface area contributed by atoms with Crippen LogP contribution in [0.25, 0.3) is 22.0 Å². The Labute approximate surface area is 214 Å². The monoisotopic (exact) mass is 498 g/mol. The number of aromatic nitrogens is 4. The second-order valence-corrected chi connectivity index (χ2v) is 8.61. The van der Waals surface area contributed by atoms with E-state index in [1.54, 1.807) is 24.7 Å². The van der Waals surface area contributed by atoms with Gasteiger partial charge in [-0.1, -0.05) is 24.8 Å². The highest BCUT2D eigenvalue weighted by atomic mass is 19.1. The first-order valence-electron chi connectivity index (χ1n) is 12.0. The van der Waals surface area contributed by atoms with E-state index in [4.69, 9.17) is 4.98 Å². The van der Waals surface area contributed by atoms with Crippen molar-refractivity contribution in [2.24, 2.45) is 0 Å². The Morgan fingerprint density at radius 2 is 1.92 bits per heavy atom. The zero-order chi connectivity index (χ0) is 25.6. The minimum Gasteiger partial charge on any atom is -0.354 e. The molecule has 0 saturated carbocycles. The number of halogens is 1. The maximum absolute atomic E-state index is 12.6. The number of alkyl halides is 1. The minimum absolute atomic E-state index is 0.311. The molecule has 9 nitrogen and oxygen atoms in total. The molecule has 1 aromatic carbocycles. The van der Waals surface area contributed by atoms with Crippen molar-refractivity contribution in [3.8, 4) is 11.1 Å². The number of para-hydroxylation sites is 1. The topological polar surface area (TPSA) is 99.2 Å². The van der Waals surface area contributed by atoms with Crippen LogP contribution in [-0.4, -0.2) is 70.1 Å². The van der Waals surface area contributed by atoms with Crippen LogP contribution in [0.4, 0.5) is 27.7 Å². The Kier molecular flexibility index (Phi) is 7.27. The first-order valence-corrected chi connectivity index (χ1v) is 12.0. The van der Waals surface area contributed by atoms with Crippen molar-refractivity contribution in [1.82, 2.24) is 24.8 Å². The molecule has 10 heteroatoms. The summed E-state index contributed by atoms with van der Waals surface area (Å²) >= 11 is 0. The van der Waals surface area contributed by atoms with Crippen LogP contribution in [0, 0.1) is 0 Å². The highest BCUT2D eigenvalue weighted by molar-refractivity contribution is 5.99. The van der Waals surface area contributed by atoms with Gasteiger partial charge in [-0.2, -0.15) is 0 Å². The average molecular weight is 499 g/mol. The van der Waals surface area contributed by atoms with Crippen LogP contribution < -0.4 is 15.5 Å². The zero-order valence-electron chi connectivity index (χ0n) is 20.3. The van der Waals surface area contributed by atoms with Crippen molar-refractivity contribution in [1.29, 1.82) is 0 Å². The molecule has 1 fully saturated rings. The molecule has 0 radical (unpaired) electrons. The molecule has 0 bridgehead atoms. The normalized spacial score (nSPS) is 13.9. The molecule has 1 aliphatic heterocycles. The summed E-state index contributed by atoms with van der Waals surface area (Å²) in [6, 6.07) is 13.4. The van der Waals surface area contributed by atoms with E-state index in [0.717, 1.165) is 59.7 Å². The van der Waals surface area contributed by atoms with Gasteiger partial charge in [0.15, 0.2) is 0 Å². The molecule has 1 aliphatic rings. The maximum atomic E-state index is 12.6. The molecule has 37 heavy (non-hydrogen) atoms. The number of rotatable bonds is 8. The molecule has 0 unspecified atom stereocenters. The Morgan fingerprint density at radius 1 is 1.05 bits per heavy atom. The molecule has 5 rings (SSSR count). The standard InChI is InChI=1S/C27H27FN8O/c1-2-25(37)33-23-16-19(8-10-29-23)22-5-3-4-20-17-31-27(34-26(20)22)32-21-6-7-24(30-18-21)36-14-12-35(11-9-28)13-15-36/h2-8,10,16-18H,1,9,11-15H2,(H,29,33,37)(H,31,32,34). The Hall–Kier alpha value is -4.44. The number of nitrogens with one attached hydrogen (secondary N) is 2. The summed E-state index contributed by atoms with van der Waals surface area (Å²) in [6.45, 7) is 6.97. The van der Waals surface area contributed by atoms with Crippen LogP contribution >= 0.6 is 0 Å². The van der Waals surface area contributed by atoms with E-state index in [9.17, 15) is 9.18 Å². The van der Waals surface area contributed by atoms with E-state index >= 15 is 0 Å². The largest absolute Gasteiger partial charge is 0.354 e. The number of anilines is 4. The summed E-state index contributed by atoms with van der Waals surface area (Å²) in [5, 5.41) is 6.82. The molecule has 0 atom stereocenters. The van der Waals surface area contributed by atoms with E-state index < -0.39 is 0 Å². The van der Waals surface area contributed by atoms with Gasteiger partial charge in [-0.05, 0) is 35.9 Å². The van der Waals surface area contributed by atoms with Crippen LogP contribution in [0.3, 0.4) is 0 Å². The summed E-state index contributed by atoms with van der Waals surface area (Å²) < 4.78 is 12.6. The van der Waals surface area contributed by atoms with Crippen LogP contribution in [0.1, 0.15) is 0 Å². The van der Waals surface area contributed by atoms with E-state index in [2.05, 4.69) is 42.0 Å². The fourth-order valence-electron chi connectivity index (χ4n) is 4.29. The maximum Gasteiger partial charge on any atom is 0.248 e. The van der Waals surface area contributed by atoms with Gasteiger partial charge in [0.25, 0.3) is 0 Å². The van der Waals surface area contributed by atoms with Gasteiger partial charge in [-0.15, -0.1) is 0 Å². The second-order valence-electron chi connectivity index (χ2n) is 8.61. The highest BCUT2D eigenvalue weighted by Crippen LogP contribution is 2.29. The fourth-order valence-corrected chi connectivity index (χ4v) is 4.29. The molecule has 4 heterocycles. The van der Waals surface area contributed by atoms with Gasteiger partial charge in [0, 0.05) is 56.1 Å². The fraction of sp³-hybridized carbons (Fsp3) is 0.222. The Morgan fingerprint density at radius 3 is 2.68 bits per heavy atom. The molecular formula is C27H27FN8O. The molecule has 188 valence electrons. The molecule has 2 N–H and O–H groups in total. The zero-order valence-corrected chi connectivity index (χ0v) is 20.3. The second kappa shape index (κ2) is 11.1. The number of pyridine rings is 2. The number of benzene rings is 1. The number of piperazine rings is 1. The summed E-state index contributed by atoms with van der Waals surface area (Å²) in [5.41, 5.74) is 3.29. The third kappa shape index (κ3) is 5.70. The number of carbonyl (C=O) groups is 1. The van der Waals surface area contributed by atoms with Crippen molar-refractivity contribution < 1.29 is 9.18 Å². The minimum atomic E-state index is -0.324. The molecule has 0 aliphatic carbocycles. The van der Waals surface area contributed by atoms with Crippen molar-refractivity contribution in [2.45, 2.75) is 0 Å². The van der Waals surface area contributed by atoms with Crippen molar-refractivity contribution in [3.05, 3.63) is 73.7 Å². The molecule has 3 aromatic heterocycles. The first-order chi connectivity index (χ1) is 18.1. The molecule has 1 saturated heterocycles. The van der Waals surface area contributed by atoms with E-state index in [0.29, 0.717) is 18.3 Å². The lowest BCUT2D eigenvalue weighted by Gasteiger charge is -2.34. The number of nitrogens with zero attached hydrogens (tertiary/aromatic N) is 6. The quantitative estimate of drug-likeness (QED) is 0.351. The third-order valence-corrected chi connectivity index (χ3v) is 6.22. The first kappa shape index (κ1) is 24.3. The van der Waals surface area contributed by atoms with Crippen molar-refractivity contribution in [2.75, 3.05) is 54.9 Å². The van der Waals surface area contributed by atoms with E-state index in [-0.39, 0.29) is 12.6 Å². The van der Waals surface area contributed by atoms with E-state index in [1.807, 2.05) is 36.4 Å². The number of carbonyl (C=O) groups excluding carboxylic acids is 1. The lowest BCUT2D eigenvalue weighted by molar-refractivity contribution is -0.111. The molecule has 0 spiro atoms. The van der Waals surface area contributed by atoms with Gasteiger partial charge in [0.2, 0.25) is 11.9 Å². The van der Waals surface area contributed by atoms with Crippen LogP contribution in [0.2, 0.25) is 0 Å².